The summed E-state index contributed by atoms with van der Waals surface area (Å²) in [6.45, 7) is 8.64. The van der Waals surface area contributed by atoms with E-state index in [1.54, 1.807) is 6.07 Å². The lowest BCUT2D eigenvalue weighted by Crippen LogP contribution is -2.42. The van der Waals surface area contributed by atoms with E-state index in [2.05, 4.69) is 5.32 Å². The predicted molar refractivity (Wildman–Crippen MR) is 87.3 cm³/mol. The van der Waals surface area contributed by atoms with Gasteiger partial charge in [-0.1, -0.05) is 19.1 Å². The van der Waals surface area contributed by atoms with E-state index in [0.717, 1.165) is 32.4 Å². The molecule has 0 radical (unpaired) electrons. The van der Waals surface area contributed by atoms with Crippen molar-refractivity contribution in [2.24, 2.45) is 5.92 Å². The first kappa shape index (κ1) is 16.8. The van der Waals surface area contributed by atoms with Crippen molar-refractivity contribution >= 4 is 5.97 Å². The molecule has 1 aromatic rings. The number of carbonyl (C=O) groups excluding carboxylic acids is 1. The van der Waals surface area contributed by atoms with E-state index in [1.807, 2.05) is 39.0 Å². The molecule has 2 rings (SSSR count). The van der Waals surface area contributed by atoms with Crippen LogP contribution in [0.25, 0.3) is 0 Å². The van der Waals surface area contributed by atoms with Crippen molar-refractivity contribution in [3.63, 3.8) is 0 Å². The molecule has 0 unspecified atom stereocenters. The second-order valence-corrected chi connectivity index (χ2v) is 6.36. The van der Waals surface area contributed by atoms with E-state index in [4.69, 9.17) is 9.47 Å². The largest absolute Gasteiger partial charge is 0.493 e. The highest BCUT2D eigenvalue weighted by Crippen LogP contribution is 2.31. The fourth-order valence-electron chi connectivity index (χ4n) is 2.87. The van der Waals surface area contributed by atoms with Gasteiger partial charge in [-0.05, 0) is 58.3 Å². The topological polar surface area (TPSA) is 47.6 Å². The minimum Gasteiger partial charge on any atom is -0.493 e. The maximum Gasteiger partial charge on any atom is 0.342 e. The van der Waals surface area contributed by atoms with Crippen molar-refractivity contribution in [3.05, 3.63) is 29.8 Å². The number of esters is 1. The van der Waals surface area contributed by atoms with Crippen LogP contribution >= 0.6 is 0 Å². The molecule has 1 aromatic carbocycles. The zero-order chi connectivity index (χ0) is 16.0. The fraction of sp³-hybridized carbons (Fsp3) is 0.611. The van der Waals surface area contributed by atoms with E-state index in [-0.39, 0.29) is 5.97 Å². The van der Waals surface area contributed by atoms with Gasteiger partial charge in [-0.15, -0.1) is 0 Å². The zero-order valence-electron chi connectivity index (χ0n) is 13.9. The van der Waals surface area contributed by atoms with Crippen LogP contribution in [-0.2, 0) is 4.74 Å². The molecule has 1 fully saturated rings. The van der Waals surface area contributed by atoms with E-state index in [9.17, 15) is 4.79 Å². The van der Waals surface area contributed by atoms with Gasteiger partial charge in [0.25, 0.3) is 0 Å². The summed E-state index contributed by atoms with van der Waals surface area (Å²) in [5.41, 5.74) is 0.0507. The Balaban J connectivity index is 2.07. The molecular formula is C18H27NO3. The summed E-state index contributed by atoms with van der Waals surface area (Å²) in [7, 11) is 0. The third kappa shape index (κ3) is 4.23. The fourth-order valence-corrected chi connectivity index (χ4v) is 2.87. The number of hydrogen-bond acceptors (Lipinski definition) is 4. The minimum absolute atomic E-state index is 0.296. The highest BCUT2D eigenvalue weighted by atomic mass is 16.6. The molecule has 0 aromatic heterocycles. The van der Waals surface area contributed by atoms with Gasteiger partial charge in [0, 0.05) is 5.92 Å². The van der Waals surface area contributed by atoms with Gasteiger partial charge in [0.05, 0.1) is 6.61 Å². The molecule has 1 N–H and O–H groups in total. The van der Waals surface area contributed by atoms with Gasteiger partial charge in [-0.2, -0.15) is 0 Å². The summed E-state index contributed by atoms with van der Waals surface area (Å²) in [6.07, 6.45) is 2.98. The number of hydrogen-bond donors (Lipinski definition) is 1. The quantitative estimate of drug-likeness (QED) is 0.818. The number of piperidine rings is 1. The van der Waals surface area contributed by atoms with Crippen LogP contribution in [0.15, 0.2) is 24.3 Å². The van der Waals surface area contributed by atoms with Gasteiger partial charge in [0.2, 0.25) is 0 Å². The Bertz CT molecular complexity index is 493. The van der Waals surface area contributed by atoms with Gasteiger partial charge in [-0.3, -0.25) is 0 Å². The van der Waals surface area contributed by atoms with Crippen molar-refractivity contribution < 1.29 is 14.3 Å². The second-order valence-electron chi connectivity index (χ2n) is 6.36. The molecule has 1 saturated heterocycles. The van der Waals surface area contributed by atoms with Crippen LogP contribution in [0.4, 0.5) is 0 Å². The van der Waals surface area contributed by atoms with Crippen LogP contribution < -0.4 is 10.1 Å². The number of benzene rings is 1. The van der Waals surface area contributed by atoms with E-state index >= 15 is 0 Å². The lowest BCUT2D eigenvalue weighted by atomic mass is 9.83. The predicted octanol–water partition coefficient (Wildman–Crippen LogP) is 3.41. The normalized spacial score (nSPS) is 16.3. The zero-order valence-corrected chi connectivity index (χ0v) is 13.9. The third-order valence-electron chi connectivity index (χ3n) is 4.25. The van der Waals surface area contributed by atoms with Gasteiger partial charge in [0.1, 0.15) is 16.9 Å². The highest BCUT2D eigenvalue weighted by molar-refractivity contribution is 5.92. The molecule has 0 aliphatic carbocycles. The monoisotopic (exact) mass is 305 g/mol. The second kappa shape index (κ2) is 7.63. The van der Waals surface area contributed by atoms with Gasteiger partial charge < -0.3 is 14.8 Å². The van der Waals surface area contributed by atoms with E-state index < -0.39 is 5.60 Å². The molecular weight excluding hydrogens is 278 g/mol. The maximum absolute atomic E-state index is 12.6. The van der Waals surface area contributed by atoms with Crippen LogP contribution in [0.3, 0.4) is 0 Å². The van der Waals surface area contributed by atoms with Crippen LogP contribution in [0.5, 0.6) is 5.75 Å². The Morgan fingerprint density at radius 3 is 2.64 bits per heavy atom. The minimum atomic E-state index is -0.461. The summed E-state index contributed by atoms with van der Waals surface area (Å²) in [5.74, 6) is 0.701. The number of rotatable bonds is 6. The summed E-state index contributed by atoms with van der Waals surface area (Å²) in [6, 6.07) is 7.31. The third-order valence-corrected chi connectivity index (χ3v) is 4.25. The highest BCUT2D eigenvalue weighted by Gasteiger charge is 2.34. The average molecular weight is 305 g/mol. The van der Waals surface area contributed by atoms with Crippen LogP contribution in [0.2, 0.25) is 0 Å². The molecule has 4 nitrogen and oxygen atoms in total. The smallest absolute Gasteiger partial charge is 0.342 e. The Hall–Kier alpha value is -1.55. The van der Waals surface area contributed by atoms with Gasteiger partial charge >= 0.3 is 5.97 Å². The molecule has 22 heavy (non-hydrogen) atoms. The molecule has 0 spiro atoms. The van der Waals surface area contributed by atoms with Crippen molar-refractivity contribution in [2.75, 3.05) is 19.7 Å². The maximum atomic E-state index is 12.6. The van der Waals surface area contributed by atoms with Gasteiger partial charge in [0.15, 0.2) is 0 Å². The van der Waals surface area contributed by atoms with Crippen molar-refractivity contribution in [1.29, 1.82) is 0 Å². The molecule has 0 saturated carbocycles. The Morgan fingerprint density at radius 1 is 1.27 bits per heavy atom. The molecule has 1 heterocycles. The van der Waals surface area contributed by atoms with Crippen LogP contribution in [0, 0.1) is 5.92 Å². The lowest BCUT2D eigenvalue weighted by Gasteiger charge is -2.36. The molecule has 1 aliphatic rings. The summed E-state index contributed by atoms with van der Waals surface area (Å²) in [4.78, 5) is 12.6. The molecule has 122 valence electrons. The molecule has 0 bridgehead atoms. The number of para-hydroxylation sites is 1. The number of ether oxygens (including phenoxy) is 2. The summed E-state index contributed by atoms with van der Waals surface area (Å²) >= 11 is 0. The van der Waals surface area contributed by atoms with Crippen LogP contribution in [-0.4, -0.2) is 31.3 Å². The Kier molecular flexibility index (Phi) is 5.83. The molecule has 1 aliphatic heterocycles. The van der Waals surface area contributed by atoms with E-state index in [1.165, 1.54) is 0 Å². The SMILES string of the molecule is CCCOc1ccccc1C(=O)OC(C)(C)C1CCNCC1. The summed E-state index contributed by atoms with van der Waals surface area (Å²) < 4.78 is 11.5. The molecule has 4 heteroatoms. The standard InChI is InChI=1S/C18H27NO3/c1-4-13-21-16-8-6-5-7-15(16)17(20)22-18(2,3)14-9-11-19-12-10-14/h5-8,14,19H,4,9-13H2,1-3H3. The van der Waals surface area contributed by atoms with Crippen molar-refractivity contribution in [2.45, 2.75) is 45.6 Å². The van der Waals surface area contributed by atoms with Crippen LogP contribution in [0.1, 0.15) is 50.4 Å². The molecule has 0 amide bonds. The number of carbonyl (C=O) groups is 1. The Labute approximate surface area is 133 Å². The first-order valence-electron chi connectivity index (χ1n) is 8.20. The van der Waals surface area contributed by atoms with E-state index in [0.29, 0.717) is 23.8 Å². The number of nitrogens with one attached hydrogen (secondary N) is 1. The first-order chi connectivity index (χ1) is 10.5. The first-order valence-corrected chi connectivity index (χ1v) is 8.20. The van der Waals surface area contributed by atoms with Gasteiger partial charge in [-0.25, -0.2) is 4.79 Å². The average Bonchev–Trinajstić information content (AvgIpc) is 2.53. The molecule has 0 atom stereocenters. The van der Waals surface area contributed by atoms with Crippen molar-refractivity contribution in [3.8, 4) is 5.75 Å². The van der Waals surface area contributed by atoms with Crippen molar-refractivity contribution in [1.82, 2.24) is 5.32 Å². The summed E-state index contributed by atoms with van der Waals surface area (Å²) in [5, 5.41) is 3.34. The lowest BCUT2D eigenvalue weighted by molar-refractivity contribution is -0.0370. The Morgan fingerprint density at radius 2 is 1.95 bits per heavy atom.